The van der Waals surface area contributed by atoms with E-state index in [1.807, 2.05) is 6.07 Å². The molecule has 0 spiro atoms. The average Bonchev–Trinajstić information content (AvgIpc) is 2.63. The Morgan fingerprint density at radius 3 is 2.15 bits per heavy atom. The molecule has 0 saturated heterocycles. The topological polar surface area (TPSA) is 76.7 Å². The highest BCUT2D eigenvalue weighted by atomic mass is 35.5. The van der Waals surface area contributed by atoms with Crippen LogP contribution >= 0.6 is 19.2 Å². The van der Waals surface area contributed by atoms with E-state index < -0.39 is 19.4 Å². The molecule has 0 aliphatic heterocycles. The van der Waals surface area contributed by atoms with Gasteiger partial charge in [0.2, 0.25) is 0 Å². The molecule has 26 heavy (non-hydrogen) atoms. The molecule has 0 fully saturated rings. The Kier molecular flexibility index (Phi) is 7.66. The molecule has 2 amide bonds. The Morgan fingerprint density at radius 1 is 1.04 bits per heavy atom. The van der Waals surface area contributed by atoms with Gasteiger partial charge in [0.15, 0.2) is 5.78 Å². The maximum Gasteiger partial charge on any atom is 0.357 e. The molecule has 0 unspecified atom stereocenters. The molecule has 0 aromatic heterocycles. The van der Waals surface area contributed by atoms with Gasteiger partial charge < -0.3 is 19.7 Å². The standard InChI is InChI=1S/C18H22ClN2O4P/c1-3-24-26(23,25-4-2)17(14-8-6-5-7-9-14)21-18(22)20-16-12-10-15(19)11-13-16/h5-13,17H,3-4H2,1-2H3,(H2,20,21,22)/t17-/m1/s1. The molecule has 0 aliphatic carbocycles. The van der Waals surface area contributed by atoms with E-state index in [0.717, 1.165) is 0 Å². The molecule has 2 aromatic carbocycles. The van der Waals surface area contributed by atoms with E-state index >= 15 is 0 Å². The summed E-state index contributed by atoms with van der Waals surface area (Å²) in [4.78, 5) is 12.4. The molecule has 2 N–H and O–H groups in total. The van der Waals surface area contributed by atoms with Gasteiger partial charge in [0.25, 0.3) is 0 Å². The van der Waals surface area contributed by atoms with Crippen LogP contribution in [0.25, 0.3) is 0 Å². The molecule has 2 rings (SSSR count). The first-order valence-corrected chi connectivity index (χ1v) is 10.2. The predicted molar refractivity (Wildman–Crippen MR) is 104 cm³/mol. The summed E-state index contributed by atoms with van der Waals surface area (Å²) in [5.41, 5.74) is 1.19. The predicted octanol–water partition coefficient (Wildman–Crippen LogP) is 5.43. The third-order valence-corrected chi connectivity index (χ3v) is 5.97. The fourth-order valence-electron chi connectivity index (χ4n) is 2.35. The van der Waals surface area contributed by atoms with E-state index in [-0.39, 0.29) is 13.2 Å². The maximum absolute atomic E-state index is 13.2. The van der Waals surface area contributed by atoms with Gasteiger partial charge in [0.05, 0.1) is 13.2 Å². The third-order valence-electron chi connectivity index (χ3n) is 3.42. The zero-order chi connectivity index (χ0) is 19.0. The molecular weight excluding hydrogens is 375 g/mol. The number of urea groups is 1. The van der Waals surface area contributed by atoms with Gasteiger partial charge in [-0.15, -0.1) is 0 Å². The van der Waals surface area contributed by atoms with E-state index in [9.17, 15) is 9.36 Å². The highest BCUT2D eigenvalue weighted by molar-refractivity contribution is 7.54. The van der Waals surface area contributed by atoms with E-state index in [1.54, 1.807) is 62.4 Å². The van der Waals surface area contributed by atoms with Crippen molar-refractivity contribution in [1.82, 2.24) is 5.32 Å². The van der Waals surface area contributed by atoms with Crippen LogP contribution in [0.1, 0.15) is 25.2 Å². The van der Waals surface area contributed by atoms with Crippen molar-refractivity contribution in [2.45, 2.75) is 19.6 Å². The van der Waals surface area contributed by atoms with Gasteiger partial charge in [0, 0.05) is 10.7 Å². The van der Waals surface area contributed by atoms with Crippen molar-refractivity contribution in [3.63, 3.8) is 0 Å². The molecule has 0 aliphatic rings. The summed E-state index contributed by atoms with van der Waals surface area (Å²) in [6.07, 6.45) is 0. The minimum atomic E-state index is -3.61. The lowest BCUT2D eigenvalue weighted by Gasteiger charge is -2.27. The van der Waals surface area contributed by atoms with Crippen molar-refractivity contribution >= 4 is 30.9 Å². The number of carbonyl (C=O) groups is 1. The average molecular weight is 397 g/mol. The second kappa shape index (κ2) is 9.74. The third kappa shape index (κ3) is 5.58. The summed E-state index contributed by atoms with van der Waals surface area (Å²) >= 11 is 5.84. The molecule has 0 heterocycles. The van der Waals surface area contributed by atoms with Gasteiger partial charge in [-0.1, -0.05) is 41.9 Å². The first kappa shape index (κ1) is 20.5. The number of nitrogens with one attached hydrogen (secondary N) is 2. The molecule has 0 saturated carbocycles. The number of rotatable bonds is 8. The molecule has 2 aromatic rings. The van der Waals surface area contributed by atoms with Crippen molar-refractivity contribution in [3.8, 4) is 0 Å². The summed E-state index contributed by atoms with van der Waals surface area (Å²) in [5, 5.41) is 5.96. The molecular formula is C18H22ClN2O4P. The van der Waals surface area contributed by atoms with Crippen LogP contribution in [-0.2, 0) is 13.6 Å². The Bertz CT molecular complexity index is 746. The summed E-state index contributed by atoms with van der Waals surface area (Å²) in [5.74, 6) is -0.934. The summed E-state index contributed by atoms with van der Waals surface area (Å²) in [6, 6.07) is 15.1. The van der Waals surface area contributed by atoms with Crippen molar-refractivity contribution in [2.24, 2.45) is 0 Å². The van der Waals surface area contributed by atoms with Gasteiger partial charge in [-0.25, -0.2) is 4.79 Å². The van der Waals surface area contributed by atoms with Crippen molar-refractivity contribution in [3.05, 3.63) is 65.2 Å². The normalized spacial score (nSPS) is 12.4. The van der Waals surface area contributed by atoms with Gasteiger partial charge in [-0.2, -0.15) is 0 Å². The molecule has 140 valence electrons. The SMILES string of the molecule is CCOP(=O)(OCC)[C@@H](NC(=O)Nc1ccc(Cl)cc1)c1ccccc1. The van der Waals surface area contributed by atoms with E-state index in [2.05, 4.69) is 10.6 Å². The van der Waals surface area contributed by atoms with E-state index in [1.165, 1.54) is 0 Å². The second-order valence-corrected chi connectivity index (χ2v) is 7.84. The minimum Gasteiger partial charge on any atom is -0.320 e. The van der Waals surface area contributed by atoms with Crippen molar-refractivity contribution in [2.75, 3.05) is 18.5 Å². The highest BCUT2D eigenvalue weighted by Crippen LogP contribution is 2.59. The zero-order valence-corrected chi connectivity index (χ0v) is 16.3. The first-order chi connectivity index (χ1) is 12.5. The summed E-state index contributed by atoms with van der Waals surface area (Å²) in [7, 11) is -3.61. The van der Waals surface area contributed by atoms with Gasteiger partial charge in [-0.05, 0) is 43.7 Å². The van der Waals surface area contributed by atoms with Crippen LogP contribution < -0.4 is 10.6 Å². The fraction of sp³-hybridized carbons (Fsp3) is 0.278. The number of carbonyl (C=O) groups excluding carboxylic acids is 1. The van der Waals surface area contributed by atoms with E-state index in [4.69, 9.17) is 20.6 Å². The van der Waals surface area contributed by atoms with Crippen LogP contribution in [-0.4, -0.2) is 19.2 Å². The Hall–Kier alpha value is -1.85. The number of hydrogen-bond acceptors (Lipinski definition) is 4. The second-order valence-electron chi connectivity index (χ2n) is 5.29. The van der Waals surface area contributed by atoms with E-state index in [0.29, 0.717) is 16.3 Å². The lowest BCUT2D eigenvalue weighted by atomic mass is 10.2. The zero-order valence-electron chi connectivity index (χ0n) is 14.6. The Labute approximate surface area is 158 Å². The van der Waals surface area contributed by atoms with Crippen LogP contribution in [0.15, 0.2) is 54.6 Å². The smallest absolute Gasteiger partial charge is 0.320 e. The van der Waals surface area contributed by atoms with Crippen LogP contribution in [0.2, 0.25) is 5.02 Å². The van der Waals surface area contributed by atoms with Crippen LogP contribution in [0, 0.1) is 0 Å². The molecule has 8 heteroatoms. The van der Waals surface area contributed by atoms with Crippen LogP contribution in [0.4, 0.5) is 10.5 Å². The van der Waals surface area contributed by atoms with Crippen LogP contribution in [0.3, 0.4) is 0 Å². The summed E-state index contributed by atoms with van der Waals surface area (Å²) < 4.78 is 24.1. The van der Waals surface area contributed by atoms with Gasteiger partial charge >= 0.3 is 13.6 Å². The number of hydrogen-bond donors (Lipinski definition) is 2. The number of halogens is 1. The highest BCUT2D eigenvalue weighted by Gasteiger charge is 2.38. The molecule has 6 nitrogen and oxygen atoms in total. The Morgan fingerprint density at radius 2 is 1.62 bits per heavy atom. The number of anilines is 1. The quantitative estimate of drug-likeness (QED) is 0.583. The van der Waals surface area contributed by atoms with Gasteiger partial charge in [-0.3, -0.25) is 4.57 Å². The summed E-state index contributed by atoms with van der Waals surface area (Å²) in [6.45, 7) is 3.84. The Balaban J connectivity index is 2.24. The minimum absolute atomic E-state index is 0.196. The lowest BCUT2D eigenvalue weighted by Crippen LogP contribution is -2.33. The number of amides is 2. The lowest BCUT2D eigenvalue weighted by molar-refractivity contribution is 0.205. The van der Waals surface area contributed by atoms with Gasteiger partial charge in [0.1, 0.15) is 0 Å². The maximum atomic E-state index is 13.2. The fourth-order valence-corrected chi connectivity index (χ4v) is 4.38. The van der Waals surface area contributed by atoms with Crippen LogP contribution in [0.5, 0.6) is 0 Å². The van der Waals surface area contributed by atoms with Crippen molar-refractivity contribution in [1.29, 1.82) is 0 Å². The monoisotopic (exact) mass is 396 g/mol. The molecule has 0 bridgehead atoms. The number of benzene rings is 2. The first-order valence-electron chi connectivity index (χ1n) is 8.25. The molecule has 0 radical (unpaired) electrons. The molecule has 1 atom stereocenters. The largest absolute Gasteiger partial charge is 0.357 e. The van der Waals surface area contributed by atoms with Crippen molar-refractivity contribution < 1.29 is 18.4 Å².